The molecule has 27 heavy (non-hydrogen) atoms. The van der Waals surface area contributed by atoms with Crippen LogP contribution in [0.2, 0.25) is 10.2 Å². The fraction of sp³-hybridized carbons (Fsp3) is 0.211. The van der Waals surface area contributed by atoms with Crippen LogP contribution in [0.1, 0.15) is 12.0 Å². The molecule has 142 valence electrons. The molecule has 1 heterocycles. The first-order chi connectivity index (χ1) is 12.8. The minimum absolute atomic E-state index is 0.0931. The molecule has 0 saturated heterocycles. The van der Waals surface area contributed by atoms with Gasteiger partial charge in [0.2, 0.25) is 0 Å². The number of halogens is 2. The van der Waals surface area contributed by atoms with Crippen molar-refractivity contribution < 1.29 is 13.5 Å². The highest BCUT2D eigenvalue weighted by atomic mass is 35.5. The minimum Gasteiger partial charge on any atom is -0.396 e. The quantitative estimate of drug-likeness (QED) is 0.609. The number of benzene rings is 2. The van der Waals surface area contributed by atoms with E-state index in [-0.39, 0.29) is 23.7 Å². The summed E-state index contributed by atoms with van der Waals surface area (Å²) in [5.41, 5.74) is 3.82. The van der Waals surface area contributed by atoms with Crippen molar-refractivity contribution in [1.29, 1.82) is 0 Å². The molecule has 0 spiro atoms. The Labute approximate surface area is 167 Å². The number of nitrogens with one attached hydrogen (secondary N) is 1. The van der Waals surface area contributed by atoms with Crippen molar-refractivity contribution in [1.82, 2.24) is 10.2 Å². The molecule has 0 saturated carbocycles. The molecule has 0 amide bonds. The molecule has 0 atom stereocenters. The zero-order chi connectivity index (χ0) is 19.6. The van der Waals surface area contributed by atoms with Gasteiger partial charge >= 0.3 is 0 Å². The number of sulfone groups is 1. The van der Waals surface area contributed by atoms with Crippen LogP contribution in [0.15, 0.2) is 47.4 Å². The molecular formula is C19H18Cl2N2O3S. The van der Waals surface area contributed by atoms with Gasteiger partial charge in [-0.3, -0.25) is 5.10 Å². The van der Waals surface area contributed by atoms with Crippen molar-refractivity contribution >= 4 is 33.0 Å². The van der Waals surface area contributed by atoms with Crippen LogP contribution in [0, 0.1) is 6.92 Å². The molecule has 8 heteroatoms. The second-order valence-corrected chi connectivity index (χ2v) is 9.04. The Hall–Kier alpha value is -1.86. The van der Waals surface area contributed by atoms with Crippen molar-refractivity contribution in [2.75, 3.05) is 12.4 Å². The monoisotopic (exact) mass is 424 g/mol. The maximum Gasteiger partial charge on any atom is 0.178 e. The lowest BCUT2D eigenvalue weighted by Crippen LogP contribution is -2.08. The zero-order valence-electron chi connectivity index (χ0n) is 14.5. The van der Waals surface area contributed by atoms with Gasteiger partial charge in [0.1, 0.15) is 10.8 Å². The summed E-state index contributed by atoms with van der Waals surface area (Å²) in [4.78, 5) is 0.210. The summed E-state index contributed by atoms with van der Waals surface area (Å²) in [6.45, 7) is 1.76. The van der Waals surface area contributed by atoms with Crippen molar-refractivity contribution in [3.8, 4) is 22.4 Å². The molecule has 0 fully saturated rings. The van der Waals surface area contributed by atoms with Crippen LogP contribution in [0.25, 0.3) is 22.4 Å². The summed E-state index contributed by atoms with van der Waals surface area (Å²) in [5.74, 6) is -0.0931. The molecule has 2 N–H and O–H groups in total. The van der Waals surface area contributed by atoms with Crippen LogP contribution in [0.4, 0.5) is 0 Å². The van der Waals surface area contributed by atoms with Gasteiger partial charge in [-0.25, -0.2) is 8.42 Å². The number of hydrogen-bond acceptors (Lipinski definition) is 4. The number of aliphatic hydroxyl groups is 1. The maximum absolute atomic E-state index is 12.2. The summed E-state index contributed by atoms with van der Waals surface area (Å²) in [6, 6.07) is 12.1. The highest BCUT2D eigenvalue weighted by Gasteiger charge is 2.18. The van der Waals surface area contributed by atoms with E-state index >= 15 is 0 Å². The first-order valence-electron chi connectivity index (χ1n) is 8.28. The van der Waals surface area contributed by atoms with E-state index in [1.54, 1.807) is 12.1 Å². The predicted octanol–water partition coefficient (Wildman–Crippen LogP) is 4.52. The lowest BCUT2D eigenvalue weighted by molar-refractivity contribution is 0.295. The standard InChI is InChI=1S/C19H18Cl2N2O3S/c1-12-3-4-14(11-16(12)20)17-18(22-23-19(17)21)13-5-7-15(8-6-13)27(25,26)10-2-9-24/h3-8,11,24H,2,9-10H2,1H3,(H,22,23). The molecule has 0 aliphatic carbocycles. The Kier molecular flexibility index (Phi) is 5.91. The third-order valence-electron chi connectivity index (χ3n) is 4.24. The van der Waals surface area contributed by atoms with Gasteiger partial charge in [0.15, 0.2) is 9.84 Å². The number of hydrogen-bond donors (Lipinski definition) is 2. The predicted molar refractivity (Wildman–Crippen MR) is 108 cm³/mol. The molecule has 5 nitrogen and oxygen atoms in total. The van der Waals surface area contributed by atoms with Gasteiger partial charge in [0.25, 0.3) is 0 Å². The second-order valence-electron chi connectivity index (χ2n) is 6.15. The van der Waals surface area contributed by atoms with Gasteiger partial charge < -0.3 is 5.11 Å². The van der Waals surface area contributed by atoms with Crippen LogP contribution in [0.5, 0.6) is 0 Å². The highest BCUT2D eigenvalue weighted by molar-refractivity contribution is 7.91. The number of aromatic amines is 1. The summed E-state index contributed by atoms with van der Waals surface area (Å²) in [7, 11) is -3.42. The largest absolute Gasteiger partial charge is 0.396 e. The van der Waals surface area contributed by atoms with Crippen LogP contribution in [0.3, 0.4) is 0 Å². The van der Waals surface area contributed by atoms with Crippen molar-refractivity contribution in [3.63, 3.8) is 0 Å². The zero-order valence-corrected chi connectivity index (χ0v) is 16.9. The number of aromatic nitrogens is 2. The number of rotatable bonds is 6. The molecule has 1 aromatic heterocycles. The van der Waals surface area contributed by atoms with E-state index in [2.05, 4.69) is 10.2 Å². The fourth-order valence-electron chi connectivity index (χ4n) is 2.73. The van der Waals surface area contributed by atoms with Gasteiger partial charge in [-0.2, -0.15) is 5.10 Å². The van der Waals surface area contributed by atoms with Gasteiger partial charge in [0.05, 0.1) is 10.6 Å². The second kappa shape index (κ2) is 8.02. The lowest BCUT2D eigenvalue weighted by atomic mass is 10.0. The first kappa shape index (κ1) is 19.9. The van der Waals surface area contributed by atoms with E-state index in [0.717, 1.165) is 16.7 Å². The van der Waals surface area contributed by atoms with E-state index < -0.39 is 9.84 Å². The van der Waals surface area contributed by atoms with Gasteiger partial charge in [-0.05, 0) is 42.7 Å². The highest BCUT2D eigenvalue weighted by Crippen LogP contribution is 2.37. The molecule has 2 aromatic carbocycles. The van der Waals surface area contributed by atoms with Crippen LogP contribution < -0.4 is 0 Å². The number of H-pyrrole nitrogens is 1. The lowest BCUT2D eigenvalue weighted by Gasteiger charge is -2.08. The van der Waals surface area contributed by atoms with Gasteiger partial charge in [0, 0.05) is 22.8 Å². The molecule has 0 radical (unpaired) electrons. The molecule has 3 rings (SSSR count). The number of nitrogens with zero attached hydrogens (tertiary/aromatic N) is 1. The molecular weight excluding hydrogens is 407 g/mol. The van der Waals surface area contributed by atoms with Gasteiger partial charge in [-0.15, -0.1) is 0 Å². The van der Waals surface area contributed by atoms with Crippen molar-refractivity contribution in [2.24, 2.45) is 0 Å². The van der Waals surface area contributed by atoms with Crippen LogP contribution in [-0.2, 0) is 9.84 Å². The van der Waals surface area contributed by atoms with E-state index in [1.165, 1.54) is 12.1 Å². The van der Waals surface area contributed by atoms with E-state index in [4.69, 9.17) is 28.3 Å². The Morgan fingerprint density at radius 3 is 2.37 bits per heavy atom. The van der Waals surface area contributed by atoms with E-state index in [9.17, 15) is 8.42 Å². The Morgan fingerprint density at radius 2 is 1.74 bits per heavy atom. The van der Waals surface area contributed by atoms with Crippen molar-refractivity contribution in [3.05, 3.63) is 58.2 Å². The van der Waals surface area contributed by atoms with Crippen LogP contribution >= 0.6 is 23.2 Å². The number of aliphatic hydroxyl groups excluding tert-OH is 1. The Balaban J connectivity index is 2.00. The average molecular weight is 425 g/mol. The summed E-state index contributed by atoms with van der Waals surface area (Å²) in [5, 5.41) is 16.9. The van der Waals surface area contributed by atoms with Crippen LogP contribution in [-0.4, -0.2) is 36.1 Å². The number of aryl methyl sites for hydroxylation is 1. The molecule has 0 unspecified atom stereocenters. The SMILES string of the molecule is Cc1ccc(-c2c(-c3ccc(S(=O)(=O)CCCO)cc3)n[nH]c2Cl)cc1Cl. The smallest absolute Gasteiger partial charge is 0.178 e. The van der Waals surface area contributed by atoms with E-state index in [1.807, 2.05) is 25.1 Å². The maximum atomic E-state index is 12.2. The van der Waals surface area contributed by atoms with Crippen molar-refractivity contribution in [2.45, 2.75) is 18.2 Å². The summed E-state index contributed by atoms with van der Waals surface area (Å²) in [6.07, 6.45) is 0.206. The third-order valence-corrected chi connectivity index (χ3v) is 6.74. The topological polar surface area (TPSA) is 83.1 Å². The summed E-state index contributed by atoms with van der Waals surface area (Å²) >= 11 is 12.5. The summed E-state index contributed by atoms with van der Waals surface area (Å²) < 4.78 is 24.5. The molecule has 0 bridgehead atoms. The van der Waals surface area contributed by atoms with E-state index in [0.29, 0.717) is 21.4 Å². The normalized spacial score (nSPS) is 11.7. The van der Waals surface area contributed by atoms with Gasteiger partial charge in [-0.1, -0.05) is 47.5 Å². The first-order valence-corrected chi connectivity index (χ1v) is 10.7. The molecule has 3 aromatic rings. The Morgan fingerprint density at radius 1 is 1.07 bits per heavy atom. The Bertz CT molecular complexity index is 1060. The third kappa shape index (κ3) is 4.19. The molecule has 0 aliphatic heterocycles. The minimum atomic E-state index is -3.42. The molecule has 0 aliphatic rings. The fourth-order valence-corrected chi connectivity index (χ4v) is 4.45. The average Bonchev–Trinajstić information content (AvgIpc) is 3.04.